The highest BCUT2D eigenvalue weighted by atomic mass is 16.1. The summed E-state index contributed by atoms with van der Waals surface area (Å²) in [4.78, 5) is 15.9. The molecule has 0 aromatic heterocycles. The van der Waals surface area contributed by atoms with Crippen LogP contribution in [0, 0.1) is 24.2 Å². The maximum Gasteiger partial charge on any atom is 0.167 e. The van der Waals surface area contributed by atoms with E-state index in [2.05, 4.69) is 41.3 Å². The van der Waals surface area contributed by atoms with Gasteiger partial charge in [-0.05, 0) is 50.3 Å². The molecule has 0 aliphatic carbocycles. The van der Waals surface area contributed by atoms with Gasteiger partial charge in [0.2, 0.25) is 0 Å². The van der Waals surface area contributed by atoms with E-state index in [-0.39, 0.29) is 11.7 Å². The first kappa shape index (κ1) is 17.9. The van der Waals surface area contributed by atoms with Gasteiger partial charge in [0.1, 0.15) is 0 Å². The molecule has 0 spiro atoms. The van der Waals surface area contributed by atoms with Gasteiger partial charge in [-0.1, -0.05) is 48.4 Å². The quantitative estimate of drug-likeness (QED) is 0.732. The van der Waals surface area contributed by atoms with Gasteiger partial charge in [0, 0.05) is 30.1 Å². The number of rotatable bonds is 4. The van der Waals surface area contributed by atoms with Crippen molar-refractivity contribution in [2.24, 2.45) is 5.92 Å². The highest BCUT2D eigenvalue weighted by molar-refractivity contribution is 6.00. The van der Waals surface area contributed by atoms with Gasteiger partial charge in [-0.3, -0.25) is 9.69 Å². The second kappa shape index (κ2) is 7.66. The molecular weight excluding hydrogens is 332 g/mol. The van der Waals surface area contributed by atoms with E-state index in [4.69, 9.17) is 0 Å². The van der Waals surface area contributed by atoms with Gasteiger partial charge in [-0.25, -0.2) is 0 Å². The number of ketones is 1. The van der Waals surface area contributed by atoms with Crippen molar-refractivity contribution in [1.82, 2.24) is 4.90 Å². The number of hydrogen-bond donors (Lipinski definition) is 0. The fraction of sp³-hybridized carbons (Fsp3) is 0.417. The number of fused-ring (bicyclic) bond motifs is 2. The maximum atomic E-state index is 13.3. The molecule has 4 rings (SSSR count). The van der Waals surface area contributed by atoms with Crippen LogP contribution in [-0.4, -0.2) is 22.8 Å². The zero-order valence-electron chi connectivity index (χ0n) is 15.9. The summed E-state index contributed by atoms with van der Waals surface area (Å²) in [5, 5.41) is 9.41. The molecule has 2 unspecified atom stereocenters. The Morgan fingerprint density at radius 3 is 2.48 bits per heavy atom. The number of hydrogen-bond acceptors (Lipinski definition) is 3. The van der Waals surface area contributed by atoms with Crippen molar-refractivity contribution in [3.63, 3.8) is 0 Å². The third-order valence-electron chi connectivity index (χ3n) is 6.27. The molecule has 2 aliphatic heterocycles. The van der Waals surface area contributed by atoms with Gasteiger partial charge in [0.15, 0.2) is 5.78 Å². The highest BCUT2D eigenvalue weighted by Gasteiger charge is 2.40. The lowest BCUT2D eigenvalue weighted by molar-refractivity contribution is 0.00905. The van der Waals surface area contributed by atoms with E-state index in [1.54, 1.807) is 6.07 Å². The molecule has 0 radical (unpaired) electrons. The fourth-order valence-corrected chi connectivity index (χ4v) is 4.92. The predicted molar refractivity (Wildman–Crippen MR) is 106 cm³/mol. The monoisotopic (exact) mass is 358 g/mol. The van der Waals surface area contributed by atoms with E-state index < -0.39 is 0 Å². The highest BCUT2D eigenvalue weighted by Crippen LogP contribution is 2.39. The summed E-state index contributed by atoms with van der Waals surface area (Å²) in [6.07, 6.45) is 5.44. The minimum absolute atomic E-state index is 0.0428. The first-order valence-corrected chi connectivity index (χ1v) is 10.0. The maximum absolute atomic E-state index is 13.3. The van der Waals surface area contributed by atoms with Gasteiger partial charge < -0.3 is 0 Å². The topological polar surface area (TPSA) is 44.1 Å². The molecule has 2 fully saturated rings. The Bertz CT molecular complexity index is 854. The second-order valence-corrected chi connectivity index (χ2v) is 8.09. The Balaban J connectivity index is 1.54. The zero-order valence-corrected chi connectivity index (χ0v) is 15.9. The molecule has 3 nitrogen and oxygen atoms in total. The molecule has 0 N–H and O–H groups in total. The molecule has 2 bridgehead atoms. The van der Waals surface area contributed by atoms with Crippen LogP contribution in [0.2, 0.25) is 0 Å². The number of piperidine rings is 2. The minimum Gasteiger partial charge on any atom is -0.294 e. The Hall–Kier alpha value is -2.44. The standard InChI is InChI=1S/C24H26N2O/c1-17-10-11-19(15-25)23(12-17)24(27)20-13-21-8-5-9-22(14-20)26(21)16-18-6-3-2-4-7-18/h2-4,6-7,10-12,20-22H,5,8-9,13-14,16H2,1H3. The lowest BCUT2D eigenvalue weighted by Crippen LogP contribution is -2.52. The average Bonchev–Trinajstić information content (AvgIpc) is 2.68. The Morgan fingerprint density at radius 2 is 1.81 bits per heavy atom. The molecule has 0 saturated carbocycles. The van der Waals surface area contributed by atoms with Gasteiger partial charge in [0.25, 0.3) is 0 Å². The molecule has 3 heteroatoms. The number of carbonyl (C=O) groups is 1. The van der Waals surface area contributed by atoms with Crippen LogP contribution >= 0.6 is 0 Å². The van der Waals surface area contributed by atoms with Crippen LogP contribution < -0.4 is 0 Å². The lowest BCUT2D eigenvalue weighted by Gasteiger charge is -2.48. The molecule has 27 heavy (non-hydrogen) atoms. The molecular formula is C24H26N2O. The number of benzene rings is 2. The minimum atomic E-state index is 0.0428. The van der Waals surface area contributed by atoms with Crippen molar-refractivity contribution < 1.29 is 4.79 Å². The fourth-order valence-electron chi connectivity index (χ4n) is 4.92. The summed E-state index contributed by atoms with van der Waals surface area (Å²) in [5.74, 6) is 0.215. The van der Waals surface area contributed by atoms with E-state index in [0.717, 1.165) is 24.9 Å². The predicted octanol–water partition coefficient (Wildman–Crippen LogP) is 4.88. The lowest BCUT2D eigenvalue weighted by atomic mass is 9.75. The number of Topliss-reactive ketones (excluding diaryl/α,β-unsaturated/α-hetero) is 1. The van der Waals surface area contributed by atoms with Crippen LogP contribution in [-0.2, 0) is 6.54 Å². The van der Waals surface area contributed by atoms with Crippen molar-refractivity contribution >= 4 is 5.78 Å². The smallest absolute Gasteiger partial charge is 0.167 e. The summed E-state index contributed by atoms with van der Waals surface area (Å²) in [6, 6.07) is 19.4. The van der Waals surface area contributed by atoms with Crippen LogP contribution in [0.1, 0.15) is 59.2 Å². The number of nitrogens with zero attached hydrogens (tertiary/aromatic N) is 2. The van der Waals surface area contributed by atoms with Gasteiger partial charge in [-0.15, -0.1) is 0 Å². The molecule has 2 heterocycles. The van der Waals surface area contributed by atoms with E-state index in [0.29, 0.717) is 23.2 Å². The van der Waals surface area contributed by atoms with Gasteiger partial charge in [0.05, 0.1) is 11.6 Å². The van der Waals surface area contributed by atoms with Gasteiger partial charge in [-0.2, -0.15) is 5.26 Å². The first-order chi connectivity index (χ1) is 13.2. The van der Waals surface area contributed by atoms with Crippen molar-refractivity contribution in [2.45, 2.75) is 57.7 Å². The summed E-state index contributed by atoms with van der Waals surface area (Å²) in [6.45, 7) is 2.96. The summed E-state index contributed by atoms with van der Waals surface area (Å²) in [5.41, 5.74) is 3.53. The Morgan fingerprint density at radius 1 is 1.11 bits per heavy atom. The summed E-state index contributed by atoms with van der Waals surface area (Å²) in [7, 11) is 0. The second-order valence-electron chi connectivity index (χ2n) is 8.09. The number of aryl methyl sites for hydroxylation is 1. The van der Waals surface area contributed by atoms with Crippen LogP contribution in [0.5, 0.6) is 0 Å². The van der Waals surface area contributed by atoms with Gasteiger partial charge >= 0.3 is 0 Å². The van der Waals surface area contributed by atoms with Crippen LogP contribution in [0.25, 0.3) is 0 Å². The SMILES string of the molecule is Cc1ccc(C#N)c(C(=O)C2CC3CCCC(C2)N3Cc2ccccc2)c1. The van der Waals surface area contributed by atoms with E-state index >= 15 is 0 Å². The molecule has 2 saturated heterocycles. The molecule has 2 aliphatic rings. The normalized spacial score (nSPS) is 25.0. The Labute approximate surface area is 161 Å². The van der Waals surface area contributed by atoms with Crippen LogP contribution in [0.15, 0.2) is 48.5 Å². The number of carbonyl (C=O) groups excluding carboxylic acids is 1. The van der Waals surface area contributed by atoms with Crippen molar-refractivity contribution in [3.8, 4) is 6.07 Å². The number of nitriles is 1. The Kier molecular flexibility index (Phi) is 5.09. The first-order valence-electron chi connectivity index (χ1n) is 10.0. The average molecular weight is 358 g/mol. The van der Waals surface area contributed by atoms with Crippen molar-refractivity contribution in [2.75, 3.05) is 0 Å². The molecule has 0 amide bonds. The third kappa shape index (κ3) is 3.68. The van der Waals surface area contributed by atoms with Crippen LogP contribution in [0.4, 0.5) is 0 Å². The zero-order chi connectivity index (χ0) is 18.8. The third-order valence-corrected chi connectivity index (χ3v) is 6.27. The molecule has 2 aromatic rings. The van der Waals surface area contributed by atoms with Crippen molar-refractivity contribution in [1.29, 1.82) is 5.26 Å². The van der Waals surface area contributed by atoms with E-state index in [9.17, 15) is 10.1 Å². The van der Waals surface area contributed by atoms with Crippen LogP contribution in [0.3, 0.4) is 0 Å². The van der Waals surface area contributed by atoms with E-state index in [1.165, 1.54) is 24.8 Å². The summed E-state index contributed by atoms with van der Waals surface area (Å²) < 4.78 is 0. The molecule has 2 aromatic carbocycles. The molecule has 2 atom stereocenters. The van der Waals surface area contributed by atoms with Crippen molar-refractivity contribution in [3.05, 3.63) is 70.8 Å². The van der Waals surface area contributed by atoms with E-state index in [1.807, 2.05) is 19.1 Å². The summed E-state index contributed by atoms with van der Waals surface area (Å²) >= 11 is 0. The largest absolute Gasteiger partial charge is 0.294 e. The molecule has 138 valence electrons.